The van der Waals surface area contributed by atoms with Crippen LogP contribution >= 0.6 is 0 Å². The summed E-state index contributed by atoms with van der Waals surface area (Å²) in [6.45, 7) is 7.97. The Morgan fingerprint density at radius 2 is 1.30 bits per heavy atom. The van der Waals surface area contributed by atoms with Crippen LogP contribution in [0, 0.1) is 5.92 Å². The van der Waals surface area contributed by atoms with Gasteiger partial charge >= 0.3 is 8.56 Å². The summed E-state index contributed by atoms with van der Waals surface area (Å²) in [4.78, 5) is 0. The average Bonchev–Trinajstić information content (AvgIpc) is 3.42. The van der Waals surface area contributed by atoms with Gasteiger partial charge in [-0.2, -0.15) is 0 Å². The third kappa shape index (κ3) is 9.91. The number of hydrogen-bond donors (Lipinski definition) is 0. The van der Waals surface area contributed by atoms with Crippen LogP contribution < -0.4 is 0 Å². The molecule has 2 rings (SSSR count). The molecular weight excluding hydrogens is 352 g/mol. The number of rotatable bonds is 17. The SMILES string of the molecule is CCO[Si](C)(CCCCCCCCCCCCC1CCC2OC2C1)OCC. The van der Waals surface area contributed by atoms with Gasteiger partial charge in [0.05, 0.1) is 12.2 Å². The Morgan fingerprint density at radius 1 is 0.741 bits per heavy atom. The Labute approximate surface area is 170 Å². The van der Waals surface area contributed by atoms with Gasteiger partial charge in [-0.15, -0.1) is 0 Å². The van der Waals surface area contributed by atoms with Gasteiger partial charge < -0.3 is 13.6 Å². The van der Waals surface area contributed by atoms with Gasteiger partial charge in [0.15, 0.2) is 0 Å². The summed E-state index contributed by atoms with van der Waals surface area (Å²) < 4.78 is 17.5. The van der Waals surface area contributed by atoms with Gasteiger partial charge in [-0.3, -0.25) is 0 Å². The van der Waals surface area contributed by atoms with Crippen LogP contribution in [-0.4, -0.2) is 34.0 Å². The highest BCUT2D eigenvalue weighted by Crippen LogP contribution is 2.41. The lowest BCUT2D eigenvalue weighted by Gasteiger charge is -2.25. The highest BCUT2D eigenvalue weighted by molar-refractivity contribution is 6.66. The summed E-state index contributed by atoms with van der Waals surface area (Å²) in [5, 5.41) is 0. The number of hydrogen-bond acceptors (Lipinski definition) is 3. The van der Waals surface area contributed by atoms with E-state index in [1.54, 1.807) is 0 Å². The van der Waals surface area contributed by atoms with Crippen LogP contribution in [0.5, 0.6) is 0 Å². The predicted molar refractivity (Wildman–Crippen MR) is 116 cm³/mol. The van der Waals surface area contributed by atoms with Gasteiger partial charge in [0.25, 0.3) is 0 Å². The minimum atomic E-state index is -1.86. The van der Waals surface area contributed by atoms with Crippen molar-refractivity contribution in [2.45, 2.75) is 129 Å². The molecule has 2 aliphatic rings. The summed E-state index contributed by atoms with van der Waals surface area (Å²) in [5.41, 5.74) is 0. The van der Waals surface area contributed by atoms with Crippen LogP contribution in [0.3, 0.4) is 0 Å². The zero-order valence-electron chi connectivity index (χ0n) is 18.5. The van der Waals surface area contributed by atoms with Crippen molar-refractivity contribution in [2.75, 3.05) is 13.2 Å². The molecule has 1 aliphatic heterocycles. The first kappa shape index (κ1) is 23.4. The fourth-order valence-corrected chi connectivity index (χ4v) is 7.32. The molecule has 2 fully saturated rings. The van der Waals surface area contributed by atoms with Crippen LogP contribution in [0.15, 0.2) is 0 Å². The monoisotopic (exact) mass is 398 g/mol. The molecule has 3 atom stereocenters. The van der Waals surface area contributed by atoms with E-state index in [9.17, 15) is 0 Å². The summed E-state index contributed by atoms with van der Waals surface area (Å²) in [6.07, 6.45) is 21.0. The van der Waals surface area contributed by atoms with E-state index in [1.165, 1.54) is 89.9 Å². The van der Waals surface area contributed by atoms with Crippen LogP contribution in [0.2, 0.25) is 12.6 Å². The first-order chi connectivity index (χ1) is 13.2. The molecule has 0 bridgehead atoms. The zero-order valence-corrected chi connectivity index (χ0v) is 19.5. The summed E-state index contributed by atoms with van der Waals surface area (Å²) in [6, 6.07) is 1.16. The molecular formula is C23H46O3Si. The molecule has 1 saturated heterocycles. The van der Waals surface area contributed by atoms with E-state index in [4.69, 9.17) is 13.6 Å². The van der Waals surface area contributed by atoms with E-state index in [-0.39, 0.29) is 0 Å². The highest BCUT2D eigenvalue weighted by atomic mass is 28.4. The van der Waals surface area contributed by atoms with E-state index in [0.717, 1.165) is 25.2 Å². The molecule has 0 N–H and O–H groups in total. The molecule has 3 nitrogen and oxygen atoms in total. The second kappa shape index (κ2) is 13.3. The molecule has 0 amide bonds. The van der Waals surface area contributed by atoms with Crippen LogP contribution in [0.1, 0.15) is 104 Å². The molecule has 0 aromatic heterocycles. The molecule has 160 valence electrons. The molecule has 27 heavy (non-hydrogen) atoms. The van der Waals surface area contributed by atoms with Crippen LogP contribution in [-0.2, 0) is 13.6 Å². The summed E-state index contributed by atoms with van der Waals surface area (Å²) in [7, 11) is -1.86. The topological polar surface area (TPSA) is 31.0 Å². The van der Waals surface area contributed by atoms with Crippen molar-refractivity contribution in [3.63, 3.8) is 0 Å². The quantitative estimate of drug-likeness (QED) is 0.150. The Hall–Kier alpha value is 0.0969. The van der Waals surface area contributed by atoms with Crippen molar-refractivity contribution in [3.05, 3.63) is 0 Å². The Morgan fingerprint density at radius 3 is 1.85 bits per heavy atom. The molecule has 1 aliphatic carbocycles. The second-order valence-electron chi connectivity index (χ2n) is 8.97. The first-order valence-corrected chi connectivity index (χ1v) is 14.6. The van der Waals surface area contributed by atoms with E-state index in [2.05, 4.69) is 20.4 Å². The number of fused-ring (bicyclic) bond motifs is 1. The maximum absolute atomic E-state index is 5.92. The van der Waals surface area contributed by atoms with Crippen molar-refractivity contribution in [1.29, 1.82) is 0 Å². The molecule has 0 spiro atoms. The largest absolute Gasteiger partial charge is 0.395 e. The fraction of sp³-hybridized carbons (Fsp3) is 1.00. The fourth-order valence-electron chi connectivity index (χ4n) is 4.84. The van der Waals surface area contributed by atoms with E-state index < -0.39 is 8.56 Å². The standard InChI is InChI=1S/C23H46O3Si/c1-4-24-27(3,25-5-2)19-15-13-11-9-7-6-8-10-12-14-16-21-17-18-22-23(20-21)26-22/h21-23H,4-20H2,1-3H3. The van der Waals surface area contributed by atoms with Gasteiger partial charge in [-0.05, 0) is 51.6 Å². The van der Waals surface area contributed by atoms with E-state index in [1.807, 2.05) is 0 Å². The number of unbranched alkanes of at least 4 members (excludes halogenated alkanes) is 9. The maximum atomic E-state index is 5.92. The van der Waals surface area contributed by atoms with Gasteiger partial charge in [0.1, 0.15) is 0 Å². The summed E-state index contributed by atoms with van der Waals surface area (Å²) >= 11 is 0. The first-order valence-electron chi connectivity index (χ1n) is 12.1. The predicted octanol–water partition coefficient (Wildman–Crippen LogP) is 6.99. The van der Waals surface area contributed by atoms with Crippen molar-refractivity contribution in [3.8, 4) is 0 Å². The molecule has 4 heteroatoms. The normalized spacial score (nSPS) is 24.8. The van der Waals surface area contributed by atoms with Gasteiger partial charge in [0.2, 0.25) is 0 Å². The van der Waals surface area contributed by atoms with Crippen molar-refractivity contribution >= 4 is 8.56 Å². The smallest absolute Gasteiger partial charge is 0.334 e. The van der Waals surface area contributed by atoms with Gasteiger partial charge in [-0.1, -0.05) is 70.6 Å². The average molecular weight is 399 g/mol. The Bertz CT molecular complexity index is 371. The Balaban J connectivity index is 1.31. The number of epoxide rings is 1. The van der Waals surface area contributed by atoms with Gasteiger partial charge in [-0.25, -0.2) is 0 Å². The Kier molecular flexibility index (Phi) is 11.6. The van der Waals surface area contributed by atoms with E-state index >= 15 is 0 Å². The van der Waals surface area contributed by atoms with E-state index in [0.29, 0.717) is 12.2 Å². The maximum Gasteiger partial charge on any atom is 0.334 e. The minimum absolute atomic E-state index is 0.665. The lowest BCUT2D eigenvalue weighted by atomic mass is 9.85. The van der Waals surface area contributed by atoms with Gasteiger partial charge in [0, 0.05) is 13.2 Å². The minimum Gasteiger partial charge on any atom is -0.395 e. The van der Waals surface area contributed by atoms with Crippen LogP contribution in [0.4, 0.5) is 0 Å². The lowest BCUT2D eigenvalue weighted by Crippen LogP contribution is -2.38. The third-order valence-electron chi connectivity index (χ3n) is 6.51. The van der Waals surface area contributed by atoms with Crippen LogP contribution in [0.25, 0.3) is 0 Å². The molecule has 3 unspecified atom stereocenters. The molecule has 0 aromatic rings. The molecule has 1 saturated carbocycles. The number of ether oxygens (including phenoxy) is 1. The lowest BCUT2D eigenvalue weighted by molar-refractivity contribution is 0.188. The summed E-state index contributed by atoms with van der Waals surface area (Å²) in [5.74, 6) is 0.976. The molecule has 1 heterocycles. The third-order valence-corrected chi connectivity index (χ3v) is 9.57. The second-order valence-corrected chi connectivity index (χ2v) is 12.3. The molecule has 0 aromatic carbocycles. The van der Waals surface area contributed by atoms with Crippen molar-refractivity contribution in [1.82, 2.24) is 0 Å². The zero-order chi connectivity index (χ0) is 19.4. The highest BCUT2D eigenvalue weighted by Gasteiger charge is 2.43. The van der Waals surface area contributed by atoms with Crippen molar-refractivity contribution in [2.24, 2.45) is 5.92 Å². The van der Waals surface area contributed by atoms with Crippen molar-refractivity contribution < 1.29 is 13.6 Å². The molecule has 0 radical (unpaired) electrons.